The van der Waals surface area contributed by atoms with Crippen LogP contribution in [0.2, 0.25) is 0 Å². The number of hydrogen-bond donors (Lipinski definition) is 2. The van der Waals surface area contributed by atoms with Crippen LogP contribution in [0.5, 0.6) is 0 Å². The summed E-state index contributed by atoms with van der Waals surface area (Å²) >= 11 is 0. The Morgan fingerprint density at radius 1 is 1.58 bits per heavy atom. The summed E-state index contributed by atoms with van der Waals surface area (Å²) in [6.45, 7) is 0. The van der Waals surface area contributed by atoms with E-state index in [1.54, 1.807) is 0 Å². The molecule has 0 aromatic heterocycles. The van der Waals surface area contributed by atoms with Crippen molar-refractivity contribution < 1.29 is 18.3 Å². The number of carbonyl (C=O) groups is 1. The standard InChI is InChI=1S/C6H13NO4S/c1-12(10,11)4-2-3-5(7)6(8)9/h5H,2-4,7H2,1H3,(H,8,9)/t5-/m1/s1. The predicted molar refractivity (Wildman–Crippen MR) is 44.6 cm³/mol. The lowest BCUT2D eigenvalue weighted by Gasteiger charge is -2.04. The molecule has 0 unspecified atom stereocenters. The van der Waals surface area contributed by atoms with Gasteiger partial charge >= 0.3 is 5.97 Å². The quantitative estimate of drug-likeness (QED) is 0.600. The van der Waals surface area contributed by atoms with Crippen molar-refractivity contribution in [2.45, 2.75) is 18.9 Å². The number of carboxylic acid groups (broad SMARTS) is 1. The predicted octanol–water partition coefficient (Wildman–Crippen LogP) is -0.777. The fourth-order valence-electron chi connectivity index (χ4n) is 0.689. The zero-order chi connectivity index (χ0) is 9.78. The summed E-state index contributed by atoms with van der Waals surface area (Å²) in [6, 6.07) is -0.952. The molecular weight excluding hydrogens is 182 g/mol. The smallest absolute Gasteiger partial charge is 0.320 e. The lowest BCUT2D eigenvalue weighted by atomic mass is 10.2. The molecule has 0 bridgehead atoms. The maximum absolute atomic E-state index is 10.6. The van der Waals surface area contributed by atoms with Crippen LogP contribution in [0.3, 0.4) is 0 Å². The minimum absolute atomic E-state index is 0.00597. The zero-order valence-electron chi connectivity index (χ0n) is 6.86. The molecule has 0 aromatic rings. The van der Waals surface area contributed by atoms with Gasteiger partial charge in [-0.15, -0.1) is 0 Å². The van der Waals surface area contributed by atoms with Crippen LogP contribution in [-0.2, 0) is 14.6 Å². The molecule has 0 rings (SSSR count). The molecule has 0 amide bonds. The first kappa shape index (κ1) is 11.4. The highest BCUT2D eigenvalue weighted by Gasteiger charge is 2.11. The molecule has 0 aliphatic carbocycles. The van der Waals surface area contributed by atoms with Crippen LogP contribution in [0, 0.1) is 0 Å². The average Bonchev–Trinajstić information content (AvgIpc) is 1.84. The topological polar surface area (TPSA) is 97.5 Å². The Bertz CT molecular complexity index is 246. The first-order valence-electron chi connectivity index (χ1n) is 3.49. The van der Waals surface area contributed by atoms with Crippen LogP contribution >= 0.6 is 0 Å². The molecule has 0 aliphatic heterocycles. The van der Waals surface area contributed by atoms with E-state index in [1.807, 2.05) is 0 Å². The molecule has 3 N–H and O–H groups in total. The van der Waals surface area contributed by atoms with E-state index in [2.05, 4.69) is 0 Å². The summed E-state index contributed by atoms with van der Waals surface area (Å²) in [5, 5.41) is 8.34. The molecule has 0 saturated carbocycles. The van der Waals surface area contributed by atoms with Gasteiger partial charge < -0.3 is 10.8 Å². The van der Waals surface area contributed by atoms with Gasteiger partial charge in [0.25, 0.3) is 0 Å². The number of nitrogens with two attached hydrogens (primary N) is 1. The van der Waals surface area contributed by atoms with Crippen molar-refractivity contribution in [2.24, 2.45) is 5.73 Å². The van der Waals surface area contributed by atoms with Crippen molar-refractivity contribution >= 4 is 15.8 Å². The monoisotopic (exact) mass is 195 g/mol. The molecule has 1 atom stereocenters. The summed E-state index contributed by atoms with van der Waals surface area (Å²) in [5.41, 5.74) is 5.15. The molecule has 6 heteroatoms. The molecule has 0 radical (unpaired) electrons. The summed E-state index contributed by atoms with van der Waals surface area (Å²) < 4.78 is 21.2. The van der Waals surface area contributed by atoms with Crippen molar-refractivity contribution in [3.05, 3.63) is 0 Å². The normalized spacial score (nSPS) is 14.2. The van der Waals surface area contributed by atoms with Gasteiger partial charge in [0.15, 0.2) is 0 Å². The first-order valence-corrected chi connectivity index (χ1v) is 5.55. The third-order valence-corrected chi connectivity index (χ3v) is 2.38. The van der Waals surface area contributed by atoms with Gasteiger partial charge in [0.05, 0.1) is 0 Å². The van der Waals surface area contributed by atoms with Crippen LogP contribution in [-0.4, -0.2) is 37.5 Å². The number of carboxylic acids is 1. The van der Waals surface area contributed by atoms with E-state index in [4.69, 9.17) is 10.8 Å². The largest absolute Gasteiger partial charge is 0.480 e. The molecule has 0 heterocycles. The number of rotatable bonds is 5. The van der Waals surface area contributed by atoms with Gasteiger partial charge in [0.1, 0.15) is 15.9 Å². The van der Waals surface area contributed by atoms with Crippen molar-refractivity contribution in [1.29, 1.82) is 0 Å². The number of sulfone groups is 1. The summed E-state index contributed by atoms with van der Waals surface area (Å²) in [4.78, 5) is 10.2. The molecule has 12 heavy (non-hydrogen) atoms. The van der Waals surface area contributed by atoms with Crippen molar-refractivity contribution in [3.63, 3.8) is 0 Å². The van der Waals surface area contributed by atoms with Crippen LogP contribution in [0.1, 0.15) is 12.8 Å². The van der Waals surface area contributed by atoms with Gasteiger partial charge in [0, 0.05) is 12.0 Å². The summed E-state index contributed by atoms with van der Waals surface area (Å²) in [5.74, 6) is -1.10. The fourth-order valence-corrected chi connectivity index (χ4v) is 1.38. The van der Waals surface area contributed by atoms with Gasteiger partial charge in [-0.25, -0.2) is 8.42 Å². The Labute approximate surface area is 71.5 Å². The minimum atomic E-state index is -2.99. The molecule has 72 valence electrons. The molecule has 0 fully saturated rings. The highest BCUT2D eigenvalue weighted by atomic mass is 32.2. The summed E-state index contributed by atoms with van der Waals surface area (Å²) in [6.07, 6.45) is 1.61. The average molecular weight is 195 g/mol. The second kappa shape index (κ2) is 4.42. The molecule has 5 nitrogen and oxygen atoms in total. The van der Waals surface area contributed by atoms with Crippen molar-refractivity contribution in [1.82, 2.24) is 0 Å². The van der Waals surface area contributed by atoms with Crippen LogP contribution in [0.15, 0.2) is 0 Å². The van der Waals surface area contributed by atoms with Gasteiger partial charge in [-0.05, 0) is 12.8 Å². The van der Waals surface area contributed by atoms with Gasteiger partial charge in [0.2, 0.25) is 0 Å². The zero-order valence-corrected chi connectivity index (χ0v) is 7.67. The van der Waals surface area contributed by atoms with Crippen LogP contribution in [0.25, 0.3) is 0 Å². The van der Waals surface area contributed by atoms with Crippen LogP contribution in [0.4, 0.5) is 0 Å². The third-order valence-electron chi connectivity index (χ3n) is 1.35. The first-order chi connectivity index (χ1) is 5.33. The maximum Gasteiger partial charge on any atom is 0.320 e. The Hall–Kier alpha value is -0.620. The van der Waals surface area contributed by atoms with Gasteiger partial charge in [-0.2, -0.15) is 0 Å². The van der Waals surface area contributed by atoms with E-state index < -0.39 is 21.8 Å². The van der Waals surface area contributed by atoms with E-state index in [9.17, 15) is 13.2 Å². The van der Waals surface area contributed by atoms with Crippen LogP contribution < -0.4 is 5.73 Å². The van der Waals surface area contributed by atoms with E-state index in [0.29, 0.717) is 6.42 Å². The Balaban J connectivity index is 3.65. The lowest BCUT2D eigenvalue weighted by Crippen LogP contribution is -2.30. The Morgan fingerprint density at radius 3 is 2.42 bits per heavy atom. The van der Waals surface area contributed by atoms with E-state index in [0.717, 1.165) is 6.26 Å². The van der Waals surface area contributed by atoms with Crippen molar-refractivity contribution in [3.8, 4) is 0 Å². The van der Waals surface area contributed by atoms with E-state index in [-0.39, 0.29) is 12.2 Å². The Kier molecular flexibility index (Phi) is 4.19. The highest BCUT2D eigenvalue weighted by Crippen LogP contribution is 1.97. The molecule has 0 saturated heterocycles. The van der Waals surface area contributed by atoms with Gasteiger partial charge in [-0.3, -0.25) is 4.79 Å². The SMILES string of the molecule is CS(=O)(=O)CCC[C@@H](N)C(=O)O. The number of hydrogen-bond acceptors (Lipinski definition) is 4. The maximum atomic E-state index is 10.6. The lowest BCUT2D eigenvalue weighted by molar-refractivity contribution is -0.138. The summed E-state index contributed by atoms with van der Waals surface area (Å²) in [7, 11) is -2.99. The second-order valence-corrected chi connectivity index (χ2v) is 4.98. The van der Waals surface area contributed by atoms with Crippen molar-refractivity contribution in [2.75, 3.05) is 12.0 Å². The fraction of sp³-hybridized carbons (Fsp3) is 0.833. The van der Waals surface area contributed by atoms with E-state index >= 15 is 0 Å². The molecular formula is C6H13NO4S. The minimum Gasteiger partial charge on any atom is -0.480 e. The Morgan fingerprint density at radius 2 is 2.08 bits per heavy atom. The van der Waals surface area contributed by atoms with E-state index in [1.165, 1.54) is 0 Å². The van der Waals surface area contributed by atoms with Gasteiger partial charge in [-0.1, -0.05) is 0 Å². The number of aliphatic carboxylic acids is 1. The second-order valence-electron chi connectivity index (χ2n) is 2.72. The molecule has 0 aliphatic rings. The molecule has 0 aromatic carbocycles. The molecule has 0 spiro atoms. The third kappa shape index (κ3) is 6.11. The highest BCUT2D eigenvalue weighted by molar-refractivity contribution is 7.90.